The van der Waals surface area contributed by atoms with Gasteiger partial charge in [0.15, 0.2) is 6.61 Å². The number of nitrogens with one attached hydrogen (secondary N) is 1. The Kier molecular flexibility index (Phi) is 5.86. The van der Waals surface area contributed by atoms with Crippen LogP contribution < -0.4 is 15.0 Å². The third kappa shape index (κ3) is 4.62. The lowest BCUT2D eigenvalue weighted by Crippen LogP contribution is -2.30. The minimum absolute atomic E-state index is 0.0970. The van der Waals surface area contributed by atoms with Crippen molar-refractivity contribution in [3.05, 3.63) is 59.1 Å². The van der Waals surface area contributed by atoms with Gasteiger partial charge >= 0.3 is 0 Å². The van der Waals surface area contributed by atoms with E-state index in [1.807, 2.05) is 37.3 Å². The number of benzene rings is 2. The monoisotopic (exact) mass is 409 g/mol. The van der Waals surface area contributed by atoms with Crippen LogP contribution in [0.4, 0.5) is 11.5 Å². The zero-order valence-corrected chi connectivity index (χ0v) is 17.2. The molecule has 1 aromatic heterocycles. The first kappa shape index (κ1) is 19.5. The molecule has 150 valence electrons. The van der Waals surface area contributed by atoms with Gasteiger partial charge in [0.2, 0.25) is 0 Å². The van der Waals surface area contributed by atoms with E-state index in [0.29, 0.717) is 16.5 Å². The van der Waals surface area contributed by atoms with Crippen LogP contribution in [0.5, 0.6) is 5.75 Å². The van der Waals surface area contributed by atoms with Crippen molar-refractivity contribution >= 4 is 39.9 Å². The maximum absolute atomic E-state index is 12.3. The Labute approximate surface area is 175 Å². The normalized spacial score (nSPS) is 14.1. The second-order valence-electron chi connectivity index (χ2n) is 7.35. The predicted octanol–water partition coefficient (Wildman–Crippen LogP) is 5.20. The first-order chi connectivity index (χ1) is 14.1. The molecule has 1 aliphatic heterocycles. The lowest BCUT2D eigenvalue weighted by Gasteiger charge is -2.28. The zero-order chi connectivity index (χ0) is 20.2. The number of aryl methyl sites for hydroxylation is 1. The Morgan fingerprint density at radius 1 is 1.14 bits per heavy atom. The molecule has 1 fully saturated rings. The summed E-state index contributed by atoms with van der Waals surface area (Å²) in [7, 11) is 0. The number of piperidine rings is 1. The number of ether oxygens (including phenoxy) is 1. The van der Waals surface area contributed by atoms with Crippen molar-refractivity contribution in [3.8, 4) is 5.75 Å². The second kappa shape index (κ2) is 8.70. The van der Waals surface area contributed by atoms with E-state index < -0.39 is 0 Å². The molecule has 0 atom stereocenters. The number of hydrogen-bond donors (Lipinski definition) is 1. The van der Waals surface area contributed by atoms with E-state index in [-0.39, 0.29) is 12.5 Å². The van der Waals surface area contributed by atoms with E-state index in [2.05, 4.69) is 22.3 Å². The molecular weight excluding hydrogens is 386 g/mol. The Bertz CT molecular complexity index is 1030. The standard InChI is InChI=1S/C23H24ClN3O2/c1-16-8-10-18(14-19(16)24)25-22(28)15-29-20-7-5-6-17-9-11-21(26-23(17)20)27-12-3-2-4-13-27/h5-11,14H,2-4,12-13,15H2,1H3,(H,25,28). The minimum Gasteiger partial charge on any atom is -0.481 e. The van der Waals surface area contributed by atoms with Gasteiger partial charge in [-0.2, -0.15) is 0 Å². The average molecular weight is 410 g/mol. The van der Waals surface area contributed by atoms with E-state index in [4.69, 9.17) is 21.3 Å². The predicted molar refractivity (Wildman–Crippen MR) is 118 cm³/mol. The summed E-state index contributed by atoms with van der Waals surface area (Å²) in [6.45, 7) is 3.88. The summed E-state index contributed by atoms with van der Waals surface area (Å²) in [5, 5.41) is 4.43. The van der Waals surface area contributed by atoms with Crippen LogP contribution in [-0.2, 0) is 4.79 Å². The van der Waals surface area contributed by atoms with Gasteiger partial charge in [0, 0.05) is 29.2 Å². The quantitative estimate of drug-likeness (QED) is 0.628. The number of fused-ring (bicyclic) bond motifs is 1. The molecule has 1 saturated heterocycles. The smallest absolute Gasteiger partial charge is 0.262 e. The van der Waals surface area contributed by atoms with Crippen LogP contribution in [0.1, 0.15) is 24.8 Å². The second-order valence-corrected chi connectivity index (χ2v) is 7.75. The van der Waals surface area contributed by atoms with Gasteiger partial charge in [-0.25, -0.2) is 4.98 Å². The van der Waals surface area contributed by atoms with E-state index >= 15 is 0 Å². The highest BCUT2D eigenvalue weighted by Gasteiger charge is 2.14. The fourth-order valence-corrected chi connectivity index (χ4v) is 3.72. The number of anilines is 2. The van der Waals surface area contributed by atoms with E-state index in [1.165, 1.54) is 19.3 Å². The molecule has 5 nitrogen and oxygen atoms in total. The SMILES string of the molecule is Cc1ccc(NC(=O)COc2cccc3ccc(N4CCCCC4)nc23)cc1Cl. The third-order valence-electron chi connectivity index (χ3n) is 5.16. The number of nitrogens with zero attached hydrogens (tertiary/aromatic N) is 2. The highest BCUT2D eigenvalue weighted by molar-refractivity contribution is 6.31. The first-order valence-electron chi connectivity index (χ1n) is 9.94. The van der Waals surface area contributed by atoms with Gasteiger partial charge in [-0.1, -0.05) is 29.8 Å². The molecule has 29 heavy (non-hydrogen) atoms. The van der Waals surface area contributed by atoms with Crippen molar-refractivity contribution in [2.24, 2.45) is 0 Å². The number of hydrogen-bond acceptors (Lipinski definition) is 4. The molecule has 2 heterocycles. The van der Waals surface area contributed by atoms with Crippen LogP contribution in [0.3, 0.4) is 0 Å². The number of carbonyl (C=O) groups is 1. The van der Waals surface area contributed by atoms with Gasteiger partial charge in [-0.15, -0.1) is 0 Å². The molecule has 1 N–H and O–H groups in total. The lowest BCUT2D eigenvalue weighted by molar-refractivity contribution is -0.118. The van der Waals surface area contributed by atoms with Gasteiger partial charge in [0.25, 0.3) is 5.91 Å². The molecule has 0 unspecified atom stereocenters. The zero-order valence-electron chi connectivity index (χ0n) is 16.5. The lowest BCUT2D eigenvalue weighted by atomic mass is 10.1. The van der Waals surface area contributed by atoms with Crippen molar-refractivity contribution in [3.63, 3.8) is 0 Å². The molecule has 2 aromatic carbocycles. The van der Waals surface area contributed by atoms with Crippen molar-refractivity contribution in [2.75, 3.05) is 29.9 Å². The van der Waals surface area contributed by atoms with Crippen molar-refractivity contribution < 1.29 is 9.53 Å². The van der Waals surface area contributed by atoms with Gasteiger partial charge in [-0.05, 0) is 62.1 Å². The number of pyridine rings is 1. The number of carbonyl (C=O) groups excluding carboxylic acids is 1. The molecule has 0 spiro atoms. The summed E-state index contributed by atoms with van der Waals surface area (Å²) in [6.07, 6.45) is 3.67. The molecule has 0 saturated carbocycles. The fraction of sp³-hybridized carbons (Fsp3) is 0.304. The largest absolute Gasteiger partial charge is 0.481 e. The first-order valence-corrected chi connectivity index (χ1v) is 10.3. The Morgan fingerprint density at radius 2 is 1.97 bits per heavy atom. The van der Waals surface area contributed by atoms with Gasteiger partial charge in [-0.3, -0.25) is 4.79 Å². The van der Waals surface area contributed by atoms with Crippen LogP contribution in [0, 0.1) is 6.92 Å². The van der Waals surface area contributed by atoms with Gasteiger partial charge in [0.05, 0.1) is 0 Å². The number of halogens is 1. The van der Waals surface area contributed by atoms with Crippen LogP contribution in [-0.4, -0.2) is 30.6 Å². The fourth-order valence-electron chi connectivity index (χ4n) is 3.54. The summed E-state index contributed by atoms with van der Waals surface area (Å²) in [5.74, 6) is 1.33. The van der Waals surface area contributed by atoms with Crippen LogP contribution in [0.15, 0.2) is 48.5 Å². The maximum Gasteiger partial charge on any atom is 0.262 e. The summed E-state index contributed by atoms with van der Waals surface area (Å²) < 4.78 is 5.82. The Balaban J connectivity index is 1.48. The molecule has 1 aliphatic rings. The van der Waals surface area contributed by atoms with Crippen molar-refractivity contribution in [1.29, 1.82) is 0 Å². The molecule has 0 aliphatic carbocycles. The van der Waals surface area contributed by atoms with Crippen molar-refractivity contribution in [2.45, 2.75) is 26.2 Å². The average Bonchev–Trinajstić information content (AvgIpc) is 2.75. The highest BCUT2D eigenvalue weighted by atomic mass is 35.5. The number of rotatable bonds is 5. The number of amides is 1. The molecule has 6 heteroatoms. The third-order valence-corrected chi connectivity index (χ3v) is 5.57. The van der Waals surface area contributed by atoms with Crippen LogP contribution >= 0.6 is 11.6 Å². The topological polar surface area (TPSA) is 54.5 Å². The molecular formula is C23H24ClN3O2. The minimum atomic E-state index is -0.242. The van der Waals surface area contributed by atoms with E-state index in [1.54, 1.807) is 6.07 Å². The van der Waals surface area contributed by atoms with Gasteiger partial charge < -0.3 is 15.0 Å². The molecule has 3 aromatic rings. The van der Waals surface area contributed by atoms with Gasteiger partial charge in [0.1, 0.15) is 17.1 Å². The Hall–Kier alpha value is -2.79. The molecule has 1 amide bonds. The summed E-state index contributed by atoms with van der Waals surface area (Å²) in [5.41, 5.74) is 2.40. The summed E-state index contributed by atoms with van der Waals surface area (Å²) in [6, 6.07) is 15.3. The number of aromatic nitrogens is 1. The Morgan fingerprint density at radius 3 is 2.76 bits per heavy atom. The summed E-state index contributed by atoms with van der Waals surface area (Å²) >= 11 is 6.12. The molecule has 4 rings (SSSR count). The highest BCUT2D eigenvalue weighted by Crippen LogP contribution is 2.28. The van der Waals surface area contributed by atoms with Crippen LogP contribution in [0.2, 0.25) is 5.02 Å². The van der Waals surface area contributed by atoms with Crippen LogP contribution in [0.25, 0.3) is 10.9 Å². The molecule has 0 bridgehead atoms. The number of para-hydroxylation sites is 1. The maximum atomic E-state index is 12.3. The summed E-state index contributed by atoms with van der Waals surface area (Å²) in [4.78, 5) is 19.5. The van der Waals surface area contributed by atoms with E-state index in [9.17, 15) is 4.79 Å². The molecule has 0 radical (unpaired) electrons. The van der Waals surface area contributed by atoms with E-state index in [0.717, 1.165) is 35.4 Å². The van der Waals surface area contributed by atoms with Crippen molar-refractivity contribution in [1.82, 2.24) is 4.98 Å².